The van der Waals surface area contributed by atoms with E-state index in [2.05, 4.69) is 5.32 Å². The number of rotatable bonds is 8. The number of benzene rings is 2. The lowest BCUT2D eigenvalue weighted by molar-refractivity contribution is -0.150. The van der Waals surface area contributed by atoms with Gasteiger partial charge in [-0.1, -0.05) is 24.3 Å². The molecule has 0 bridgehead atoms. The van der Waals surface area contributed by atoms with E-state index < -0.39 is 25.1 Å². The first-order chi connectivity index (χ1) is 12.6. The quantitative estimate of drug-likeness (QED) is 0.731. The normalized spacial score (nSPS) is 9.85. The molecule has 0 unspecified atom stereocenters. The number of carbonyl (C=O) groups is 2. The summed E-state index contributed by atoms with van der Waals surface area (Å²) in [7, 11) is 0. The lowest BCUT2D eigenvalue weighted by atomic mass is 10.1. The third-order valence-corrected chi connectivity index (χ3v) is 3.37. The van der Waals surface area contributed by atoms with Gasteiger partial charge in [0.15, 0.2) is 13.2 Å². The second-order valence-corrected chi connectivity index (χ2v) is 5.28. The molecule has 26 heavy (non-hydrogen) atoms. The monoisotopic (exact) mass is 356 g/mol. The molecule has 1 amide bonds. The van der Waals surface area contributed by atoms with Crippen LogP contribution in [0.1, 0.15) is 11.1 Å². The Morgan fingerprint density at radius 1 is 1.08 bits per heavy atom. The van der Waals surface area contributed by atoms with Crippen LogP contribution in [-0.4, -0.2) is 31.6 Å². The average Bonchev–Trinajstić information content (AvgIpc) is 2.66. The molecule has 6 nitrogen and oxygen atoms in total. The Hall–Kier alpha value is -3.40. The zero-order valence-electron chi connectivity index (χ0n) is 13.9. The number of halogens is 1. The van der Waals surface area contributed by atoms with Crippen LogP contribution in [0.3, 0.4) is 0 Å². The molecule has 0 saturated heterocycles. The van der Waals surface area contributed by atoms with Crippen molar-refractivity contribution in [2.75, 3.05) is 19.8 Å². The number of nitrogens with zero attached hydrogens (tertiary/aromatic N) is 1. The van der Waals surface area contributed by atoms with Gasteiger partial charge in [0.25, 0.3) is 5.91 Å². The van der Waals surface area contributed by atoms with Gasteiger partial charge in [0.1, 0.15) is 17.6 Å². The Morgan fingerprint density at radius 3 is 2.54 bits per heavy atom. The number of amides is 1. The molecule has 0 radical (unpaired) electrons. The van der Waals surface area contributed by atoms with Crippen molar-refractivity contribution in [2.45, 2.75) is 6.42 Å². The van der Waals surface area contributed by atoms with E-state index in [0.717, 1.165) is 5.56 Å². The van der Waals surface area contributed by atoms with Gasteiger partial charge in [-0.2, -0.15) is 5.26 Å². The van der Waals surface area contributed by atoms with Crippen molar-refractivity contribution in [3.63, 3.8) is 0 Å². The van der Waals surface area contributed by atoms with Crippen LogP contribution in [0.5, 0.6) is 5.75 Å². The van der Waals surface area contributed by atoms with Crippen molar-refractivity contribution in [3.8, 4) is 11.8 Å². The molecular weight excluding hydrogens is 339 g/mol. The molecule has 2 aromatic rings. The maximum Gasteiger partial charge on any atom is 0.344 e. The van der Waals surface area contributed by atoms with Crippen molar-refractivity contribution in [1.82, 2.24) is 5.32 Å². The highest BCUT2D eigenvalue weighted by atomic mass is 19.1. The topological polar surface area (TPSA) is 88.4 Å². The molecule has 0 spiro atoms. The molecule has 0 atom stereocenters. The smallest absolute Gasteiger partial charge is 0.344 e. The first kappa shape index (κ1) is 18.9. The summed E-state index contributed by atoms with van der Waals surface area (Å²) in [6.07, 6.45) is 0.536. The molecule has 2 aromatic carbocycles. The predicted octanol–water partition coefficient (Wildman–Crippen LogP) is 1.98. The highest BCUT2D eigenvalue weighted by molar-refractivity contribution is 5.80. The zero-order valence-corrected chi connectivity index (χ0v) is 13.9. The molecule has 0 aliphatic heterocycles. The molecule has 134 valence electrons. The highest BCUT2D eigenvalue weighted by Gasteiger charge is 2.10. The average molecular weight is 356 g/mol. The van der Waals surface area contributed by atoms with E-state index in [1.807, 2.05) is 6.07 Å². The second kappa shape index (κ2) is 9.79. The van der Waals surface area contributed by atoms with Crippen LogP contribution < -0.4 is 10.1 Å². The molecule has 0 aromatic heterocycles. The third-order valence-electron chi connectivity index (χ3n) is 3.37. The molecule has 2 rings (SSSR count). The van der Waals surface area contributed by atoms with Gasteiger partial charge in [-0.25, -0.2) is 9.18 Å². The van der Waals surface area contributed by atoms with Crippen LogP contribution in [-0.2, 0) is 20.7 Å². The first-order valence-corrected chi connectivity index (χ1v) is 7.87. The summed E-state index contributed by atoms with van der Waals surface area (Å²) in [6, 6.07) is 14.4. The Kier molecular flexibility index (Phi) is 7.13. The molecule has 0 heterocycles. The lowest BCUT2D eigenvalue weighted by Gasteiger charge is -2.08. The molecule has 0 saturated carbocycles. The predicted molar refractivity (Wildman–Crippen MR) is 90.7 cm³/mol. The largest absolute Gasteiger partial charge is 0.481 e. The summed E-state index contributed by atoms with van der Waals surface area (Å²) in [5.41, 5.74) is 1.19. The van der Waals surface area contributed by atoms with E-state index in [4.69, 9.17) is 14.7 Å². The second-order valence-electron chi connectivity index (χ2n) is 5.28. The minimum absolute atomic E-state index is 0.274. The summed E-state index contributed by atoms with van der Waals surface area (Å²) in [6.45, 7) is -0.485. The summed E-state index contributed by atoms with van der Waals surface area (Å²) in [5, 5.41) is 11.5. The summed E-state index contributed by atoms with van der Waals surface area (Å²) in [5.74, 6) is -1.20. The number of hydrogen-bond acceptors (Lipinski definition) is 5. The summed E-state index contributed by atoms with van der Waals surface area (Å²) < 4.78 is 22.8. The highest BCUT2D eigenvalue weighted by Crippen LogP contribution is 2.16. The van der Waals surface area contributed by atoms with Gasteiger partial charge in [-0.05, 0) is 36.2 Å². The first-order valence-electron chi connectivity index (χ1n) is 7.87. The fourth-order valence-corrected chi connectivity index (χ4v) is 2.06. The molecule has 7 heteroatoms. The van der Waals surface area contributed by atoms with Crippen LogP contribution in [0, 0.1) is 17.1 Å². The Morgan fingerprint density at radius 2 is 1.81 bits per heavy atom. The van der Waals surface area contributed by atoms with Gasteiger partial charge in [0.2, 0.25) is 0 Å². The number of carbonyl (C=O) groups excluding carboxylic acids is 2. The van der Waals surface area contributed by atoms with Gasteiger partial charge < -0.3 is 14.8 Å². The van der Waals surface area contributed by atoms with Crippen LogP contribution in [0.25, 0.3) is 0 Å². The molecular formula is C19H17FN2O4. The van der Waals surface area contributed by atoms with Gasteiger partial charge in [-0.15, -0.1) is 0 Å². The number of ether oxygens (including phenoxy) is 2. The minimum atomic E-state index is -0.716. The molecule has 0 aliphatic rings. The number of hydrogen-bond donors (Lipinski definition) is 1. The number of para-hydroxylation sites is 1. The Balaban J connectivity index is 1.64. The zero-order chi connectivity index (χ0) is 18.8. The van der Waals surface area contributed by atoms with E-state index in [9.17, 15) is 14.0 Å². The molecule has 1 N–H and O–H groups in total. The van der Waals surface area contributed by atoms with Crippen molar-refractivity contribution in [2.24, 2.45) is 0 Å². The standard InChI is InChI=1S/C19H17FN2O4/c20-16-7-5-14(6-8-16)9-10-22-18(23)12-26-19(24)13-25-17-4-2-1-3-15(17)11-21/h1-8H,9-10,12-13H2,(H,22,23). The number of nitriles is 1. The van der Waals surface area contributed by atoms with E-state index in [-0.39, 0.29) is 11.6 Å². The molecule has 0 aliphatic carbocycles. The van der Waals surface area contributed by atoms with Crippen LogP contribution in [0.4, 0.5) is 4.39 Å². The van der Waals surface area contributed by atoms with E-state index in [1.54, 1.807) is 36.4 Å². The molecule has 0 fully saturated rings. The van der Waals surface area contributed by atoms with Crippen LogP contribution in [0.2, 0.25) is 0 Å². The fourth-order valence-electron chi connectivity index (χ4n) is 2.06. The van der Waals surface area contributed by atoms with Crippen LogP contribution >= 0.6 is 0 Å². The SMILES string of the molecule is N#Cc1ccccc1OCC(=O)OCC(=O)NCCc1ccc(F)cc1. The maximum atomic E-state index is 12.8. The third kappa shape index (κ3) is 6.24. The maximum absolute atomic E-state index is 12.8. The van der Waals surface area contributed by atoms with Crippen molar-refractivity contribution in [1.29, 1.82) is 5.26 Å². The van der Waals surface area contributed by atoms with Crippen molar-refractivity contribution < 1.29 is 23.5 Å². The van der Waals surface area contributed by atoms with Crippen molar-refractivity contribution >= 4 is 11.9 Å². The lowest BCUT2D eigenvalue weighted by Crippen LogP contribution is -2.31. The summed E-state index contributed by atoms with van der Waals surface area (Å²) >= 11 is 0. The summed E-state index contributed by atoms with van der Waals surface area (Å²) in [4.78, 5) is 23.2. The van der Waals surface area contributed by atoms with Crippen LogP contribution in [0.15, 0.2) is 48.5 Å². The van der Waals surface area contributed by atoms with E-state index >= 15 is 0 Å². The van der Waals surface area contributed by atoms with Gasteiger partial charge in [0.05, 0.1) is 5.56 Å². The van der Waals surface area contributed by atoms with E-state index in [1.165, 1.54) is 12.1 Å². The van der Waals surface area contributed by atoms with Gasteiger partial charge >= 0.3 is 5.97 Å². The van der Waals surface area contributed by atoms with Gasteiger partial charge in [-0.3, -0.25) is 4.79 Å². The minimum Gasteiger partial charge on any atom is -0.481 e. The fraction of sp³-hybridized carbons (Fsp3) is 0.211. The van der Waals surface area contributed by atoms with E-state index in [0.29, 0.717) is 18.5 Å². The number of esters is 1. The van der Waals surface area contributed by atoms with Gasteiger partial charge in [0, 0.05) is 6.54 Å². The van der Waals surface area contributed by atoms with Crippen molar-refractivity contribution in [3.05, 3.63) is 65.5 Å². The number of nitrogens with one attached hydrogen (secondary N) is 1. The Labute approximate surface area is 150 Å². The Bertz CT molecular complexity index is 800.